The minimum Gasteiger partial charge on any atom is -0.343 e. The lowest BCUT2D eigenvalue weighted by molar-refractivity contribution is -0.130. The molecule has 0 spiro atoms. The number of nitrogens with zero attached hydrogens (tertiary/aromatic N) is 3. The third kappa shape index (κ3) is 4.07. The summed E-state index contributed by atoms with van der Waals surface area (Å²) in [5.74, 6) is 0.278. The van der Waals surface area contributed by atoms with Crippen LogP contribution in [0.2, 0.25) is 0 Å². The second kappa shape index (κ2) is 6.39. The molecule has 1 aromatic rings. The van der Waals surface area contributed by atoms with Crippen molar-refractivity contribution in [3.05, 3.63) is 18.0 Å². The van der Waals surface area contributed by atoms with Crippen LogP contribution in [0.4, 0.5) is 0 Å². The predicted octanol–water partition coefficient (Wildman–Crippen LogP) is 1.74. The maximum absolute atomic E-state index is 11.9. The summed E-state index contributed by atoms with van der Waals surface area (Å²) in [5, 5.41) is 7.69. The van der Waals surface area contributed by atoms with Crippen molar-refractivity contribution in [1.82, 2.24) is 20.0 Å². The molecule has 1 aromatic heterocycles. The molecule has 5 nitrogen and oxygen atoms in total. The molecule has 0 bridgehead atoms. The minimum absolute atomic E-state index is 0.0178. The molecule has 20 heavy (non-hydrogen) atoms. The van der Waals surface area contributed by atoms with Crippen LogP contribution in [0.1, 0.15) is 45.6 Å². The van der Waals surface area contributed by atoms with Gasteiger partial charge in [-0.1, -0.05) is 0 Å². The van der Waals surface area contributed by atoms with Gasteiger partial charge < -0.3 is 10.2 Å². The fraction of sp³-hybridized carbons (Fsp3) is 0.733. The molecule has 0 radical (unpaired) electrons. The van der Waals surface area contributed by atoms with Gasteiger partial charge in [0.2, 0.25) is 5.91 Å². The molecule has 5 heteroatoms. The summed E-state index contributed by atoms with van der Waals surface area (Å²) < 4.78 is 1.97. The summed E-state index contributed by atoms with van der Waals surface area (Å²) in [6.45, 7) is 9.78. The zero-order valence-electron chi connectivity index (χ0n) is 12.9. The molecular formula is C15H26N4O. The van der Waals surface area contributed by atoms with Gasteiger partial charge in [0, 0.05) is 44.4 Å². The average Bonchev–Trinajstić information content (AvgIpc) is 3.04. The van der Waals surface area contributed by atoms with E-state index in [-0.39, 0.29) is 11.4 Å². The van der Waals surface area contributed by atoms with E-state index in [1.807, 2.05) is 15.8 Å². The van der Waals surface area contributed by atoms with Gasteiger partial charge >= 0.3 is 0 Å². The maximum Gasteiger partial charge on any atom is 0.223 e. The summed E-state index contributed by atoms with van der Waals surface area (Å²) in [6, 6.07) is 0. The van der Waals surface area contributed by atoms with Crippen LogP contribution < -0.4 is 5.32 Å². The van der Waals surface area contributed by atoms with Crippen molar-refractivity contribution in [2.45, 2.75) is 52.1 Å². The Kier molecular flexibility index (Phi) is 4.81. The monoisotopic (exact) mass is 278 g/mol. The number of nitrogens with one attached hydrogen (secondary N) is 1. The topological polar surface area (TPSA) is 50.2 Å². The number of carbonyl (C=O) groups is 1. The van der Waals surface area contributed by atoms with Gasteiger partial charge in [-0.05, 0) is 33.6 Å². The average molecular weight is 278 g/mol. The summed E-state index contributed by atoms with van der Waals surface area (Å²) >= 11 is 0. The van der Waals surface area contributed by atoms with Crippen molar-refractivity contribution in [1.29, 1.82) is 0 Å². The lowest BCUT2D eigenvalue weighted by atomic mass is 10.1. The van der Waals surface area contributed by atoms with Crippen LogP contribution in [0.15, 0.2) is 12.4 Å². The van der Waals surface area contributed by atoms with Crippen molar-refractivity contribution in [2.75, 3.05) is 19.6 Å². The number of hydrogen-bond donors (Lipinski definition) is 1. The van der Waals surface area contributed by atoms with Crippen LogP contribution in [0.25, 0.3) is 0 Å². The molecule has 1 saturated heterocycles. The quantitative estimate of drug-likeness (QED) is 0.835. The van der Waals surface area contributed by atoms with E-state index in [0.717, 1.165) is 44.6 Å². The first kappa shape index (κ1) is 15.0. The summed E-state index contributed by atoms with van der Waals surface area (Å²) in [5.41, 5.74) is 1.18. The van der Waals surface area contributed by atoms with Crippen LogP contribution in [0.3, 0.4) is 0 Å². The molecule has 0 saturated carbocycles. The van der Waals surface area contributed by atoms with Crippen molar-refractivity contribution in [3.63, 3.8) is 0 Å². The summed E-state index contributed by atoms with van der Waals surface area (Å²) in [6.07, 6.45) is 6.86. The van der Waals surface area contributed by atoms with Crippen molar-refractivity contribution in [3.8, 4) is 0 Å². The molecule has 1 aliphatic rings. The van der Waals surface area contributed by atoms with Gasteiger partial charge in [0.05, 0.1) is 11.7 Å². The molecular weight excluding hydrogens is 252 g/mol. The van der Waals surface area contributed by atoms with E-state index >= 15 is 0 Å². The van der Waals surface area contributed by atoms with Gasteiger partial charge in [0.15, 0.2) is 0 Å². The second-order valence-corrected chi connectivity index (χ2v) is 6.48. The number of aromatic nitrogens is 2. The molecule has 1 aliphatic heterocycles. The number of hydrogen-bond acceptors (Lipinski definition) is 3. The summed E-state index contributed by atoms with van der Waals surface area (Å²) in [7, 11) is 0. The third-order valence-electron chi connectivity index (χ3n) is 3.63. The molecule has 2 rings (SSSR count). The number of rotatable bonds is 5. The first-order valence-corrected chi connectivity index (χ1v) is 7.49. The standard InChI is InChI=1S/C15H26N4O/c1-15(2,3)19-12-13(11-17-19)10-16-7-6-14(20)18-8-4-5-9-18/h11-12,16H,4-10H2,1-3H3. The largest absolute Gasteiger partial charge is 0.343 e. The van der Waals surface area contributed by atoms with E-state index in [4.69, 9.17) is 0 Å². The van der Waals surface area contributed by atoms with Crippen molar-refractivity contribution < 1.29 is 4.79 Å². The van der Waals surface area contributed by atoms with Gasteiger partial charge in [-0.25, -0.2) is 0 Å². The van der Waals surface area contributed by atoms with E-state index in [9.17, 15) is 4.79 Å². The third-order valence-corrected chi connectivity index (χ3v) is 3.63. The fourth-order valence-electron chi connectivity index (χ4n) is 2.37. The Labute approximate surface area is 121 Å². The molecule has 0 aromatic carbocycles. The Balaban J connectivity index is 1.68. The van der Waals surface area contributed by atoms with Crippen LogP contribution in [0.5, 0.6) is 0 Å². The van der Waals surface area contributed by atoms with Gasteiger partial charge in [-0.3, -0.25) is 9.48 Å². The van der Waals surface area contributed by atoms with Crippen molar-refractivity contribution in [2.24, 2.45) is 0 Å². The smallest absolute Gasteiger partial charge is 0.223 e. The predicted molar refractivity (Wildman–Crippen MR) is 79.4 cm³/mol. The van der Waals surface area contributed by atoms with E-state index in [2.05, 4.69) is 37.4 Å². The Morgan fingerprint density at radius 1 is 1.35 bits per heavy atom. The van der Waals surface area contributed by atoms with E-state index in [0.29, 0.717) is 6.42 Å². The zero-order valence-corrected chi connectivity index (χ0v) is 12.9. The molecule has 112 valence electrons. The Morgan fingerprint density at radius 3 is 2.65 bits per heavy atom. The highest BCUT2D eigenvalue weighted by Crippen LogP contribution is 2.13. The highest BCUT2D eigenvalue weighted by Gasteiger charge is 2.17. The molecule has 1 N–H and O–H groups in total. The molecule has 1 amide bonds. The van der Waals surface area contributed by atoms with Gasteiger partial charge in [0.1, 0.15) is 0 Å². The van der Waals surface area contributed by atoms with Crippen LogP contribution in [0, 0.1) is 0 Å². The Bertz CT molecular complexity index is 441. The lowest BCUT2D eigenvalue weighted by Crippen LogP contribution is -2.30. The minimum atomic E-state index is 0.0178. The lowest BCUT2D eigenvalue weighted by Gasteiger charge is -2.18. The van der Waals surface area contributed by atoms with E-state index in [1.54, 1.807) is 0 Å². The molecule has 0 unspecified atom stereocenters. The molecule has 0 aliphatic carbocycles. The summed E-state index contributed by atoms with van der Waals surface area (Å²) in [4.78, 5) is 13.8. The van der Waals surface area contributed by atoms with Crippen LogP contribution >= 0.6 is 0 Å². The fourth-order valence-corrected chi connectivity index (χ4v) is 2.37. The Morgan fingerprint density at radius 2 is 2.05 bits per heavy atom. The van der Waals surface area contributed by atoms with Gasteiger partial charge in [0.25, 0.3) is 0 Å². The maximum atomic E-state index is 11.9. The second-order valence-electron chi connectivity index (χ2n) is 6.48. The molecule has 1 fully saturated rings. The van der Waals surface area contributed by atoms with E-state index < -0.39 is 0 Å². The first-order valence-electron chi connectivity index (χ1n) is 7.49. The first-order chi connectivity index (χ1) is 9.47. The molecule has 0 atom stereocenters. The van der Waals surface area contributed by atoms with Gasteiger partial charge in [-0.2, -0.15) is 5.10 Å². The van der Waals surface area contributed by atoms with Gasteiger partial charge in [-0.15, -0.1) is 0 Å². The van der Waals surface area contributed by atoms with Crippen molar-refractivity contribution >= 4 is 5.91 Å². The highest BCUT2D eigenvalue weighted by molar-refractivity contribution is 5.76. The van der Waals surface area contributed by atoms with E-state index in [1.165, 1.54) is 0 Å². The van der Waals surface area contributed by atoms with Crippen LogP contribution in [-0.4, -0.2) is 40.2 Å². The SMILES string of the molecule is CC(C)(C)n1cc(CNCCC(=O)N2CCCC2)cn1. The zero-order chi connectivity index (χ0) is 14.6. The number of amides is 1. The normalized spacial score (nSPS) is 15.8. The Hall–Kier alpha value is -1.36. The van der Waals surface area contributed by atoms with Crippen LogP contribution in [-0.2, 0) is 16.9 Å². The highest BCUT2D eigenvalue weighted by atomic mass is 16.2. The number of carbonyl (C=O) groups excluding carboxylic acids is 1. The molecule has 2 heterocycles. The number of likely N-dealkylation sites (tertiary alicyclic amines) is 1.